The van der Waals surface area contributed by atoms with Crippen LogP contribution in [0.3, 0.4) is 0 Å². The molecule has 0 fully saturated rings. The van der Waals surface area contributed by atoms with E-state index in [0.29, 0.717) is 19.6 Å². The Morgan fingerprint density at radius 3 is 2.62 bits per heavy atom. The van der Waals surface area contributed by atoms with Gasteiger partial charge in [0.25, 0.3) is 5.91 Å². The van der Waals surface area contributed by atoms with Crippen LogP contribution in [-0.2, 0) is 19.6 Å². The van der Waals surface area contributed by atoms with Crippen LogP contribution in [-0.4, -0.2) is 47.2 Å². The van der Waals surface area contributed by atoms with Crippen LogP contribution < -0.4 is 14.8 Å². The van der Waals surface area contributed by atoms with Crippen molar-refractivity contribution in [2.75, 3.05) is 26.9 Å². The lowest BCUT2D eigenvalue weighted by Gasteiger charge is -2.12. The number of halogens is 1. The number of rotatable bonds is 10. The van der Waals surface area contributed by atoms with E-state index in [1.807, 2.05) is 0 Å². The Labute approximate surface area is 147 Å². The largest absolute Gasteiger partial charge is 0.482 e. The molecular formula is C15H23ClN2O5S. The van der Waals surface area contributed by atoms with Gasteiger partial charge in [0.05, 0.1) is 9.92 Å². The number of nitrogens with one attached hydrogen (secondary N) is 2. The number of hydrogen-bond donors (Lipinski definition) is 2. The van der Waals surface area contributed by atoms with Crippen LogP contribution in [0, 0.1) is 0 Å². The molecule has 1 amide bonds. The predicted molar refractivity (Wildman–Crippen MR) is 91.9 cm³/mol. The third kappa shape index (κ3) is 7.04. The van der Waals surface area contributed by atoms with Gasteiger partial charge in [-0.05, 0) is 38.5 Å². The van der Waals surface area contributed by atoms with Gasteiger partial charge < -0.3 is 14.8 Å². The Morgan fingerprint density at radius 2 is 2.04 bits per heavy atom. The first-order valence-corrected chi connectivity index (χ1v) is 9.32. The summed E-state index contributed by atoms with van der Waals surface area (Å²) in [5.74, 6) is -0.0486. The lowest BCUT2D eigenvalue weighted by molar-refractivity contribution is -0.123. The first-order valence-electron chi connectivity index (χ1n) is 7.46. The summed E-state index contributed by atoms with van der Waals surface area (Å²) in [5.41, 5.74) is 0. The van der Waals surface area contributed by atoms with E-state index in [9.17, 15) is 13.2 Å². The molecule has 1 aromatic rings. The topological polar surface area (TPSA) is 93.7 Å². The van der Waals surface area contributed by atoms with Crippen molar-refractivity contribution in [2.24, 2.45) is 0 Å². The normalized spacial score (nSPS) is 11.5. The SMILES string of the molecule is COCCCNC(=O)COc1ccc(S(=O)(=O)NC(C)C)cc1Cl. The third-order valence-corrected chi connectivity index (χ3v) is 4.76. The summed E-state index contributed by atoms with van der Waals surface area (Å²) < 4.78 is 36.8. The molecular weight excluding hydrogens is 356 g/mol. The van der Waals surface area contributed by atoms with Gasteiger partial charge in [0.2, 0.25) is 10.0 Å². The standard InChI is InChI=1S/C15H23ClN2O5S/c1-11(2)18-24(20,21)12-5-6-14(13(16)9-12)23-10-15(19)17-7-4-8-22-3/h5-6,9,11,18H,4,7-8,10H2,1-3H3,(H,17,19). The van der Waals surface area contributed by atoms with Gasteiger partial charge in [-0.15, -0.1) is 0 Å². The average Bonchev–Trinajstić information content (AvgIpc) is 2.49. The Balaban J connectivity index is 2.61. The molecule has 0 heterocycles. The highest BCUT2D eigenvalue weighted by molar-refractivity contribution is 7.89. The summed E-state index contributed by atoms with van der Waals surface area (Å²) in [7, 11) is -2.04. The number of amides is 1. The second-order valence-corrected chi connectivity index (χ2v) is 7.47. The maximum absolute atomic E-state index is 12.1. The Bertz CT molecular complexity index is 649. The zero-order chi connectivity index (χ0) is 18.2. The van der Waals surface area contributed by atoms with E-state index in [0.717, 1.165) is 0 Å². The van der Waals surface area contributed by atoms with E-state index in [2.05, 4.69) is 10.0 Å². The number of methoxy groups -OCH3 is 1. The first kappa shape index (κ1) is 20.7. The lowest BCUT2D eigenvalue weighted by atomic mass is 10.3. The zero-order valence-corrected chi connectivity index (χ0v) is 15.5. The van der Waals surface area contributed by atoms with Crippen molar-refractivity contribution in [1.29, 1.82) is 0 Å². The fourth-order valence-corrected chi connectivity index (χ4v) is 3.36. The molecule has 0 aliphatic heterocycles. The molecule has 0 radical (unpaired) electrons. The third-order valence-electron chi connectivity index (χ3n) is 2.81. The van der Waals surface area contributed by atoms with Crippen molar-refractivity contribution in [2.45, 2.75) is 31.2 Å². The Hall–Kier alpha value is -1.35. The maximum atomic E-state index is 12.1. The smallest absolute Gasteiger partial charge is 0.257 e. The van der Waals surface area contributed by atoms with Crippen molar-refractivity contribution in [3.8, 4) is 5.75 Å². The zero-order valence-electron chi connectivity index (χ0n) is 14.0. The van der Waals surface area contributed by atoms with Crippen molar-refractivity contribution in [3.63, 3.8) is 0 Å². The van der Waals surface area contributed by atoms with E-state index in [-0.39, 0.29) is 34.2 Å². The van der Waals surface area contributed by atoms with Crippen LogP contribution in [0.1, 0.15) is 20.3 Å². The van der Waals surface area contributed by atoms with Crippen LogP contribution in [0.5, 0.6) is 5.75 Å². The van der Waals surface area contributed by atoms with E-state index in [1.165, 1.54) is 18.2 Å². The Morgan fingerprint density at radius 1 is 1.33 bits per heavy atom. The first-order chi connectivity index (χ1) is 11.3. The summed E-state index contributed by atoms with van der Waals surface area (Å²) in [4.78, 5) is 11.7. The summed E-state index contributed by atoms with van der Waals surface area (Å²) in [6.45, 7) is 4.29. The molecule has 0 aromatic heterocycles. The molecule has 0 aliphatic rings. The molecule has 7 nitrogen and oxygen atoms in total. The van der Waals surface area contributed by atoms with Gasteiger partial charge in [0, 0.05) is 26.3 Å². The molecule has 0 saturated carbocycles. The molecule has 24 heavy (non-hydrogen) atoms. The fourth-order valence-electron chi connectivity index (χ4n) is 1.78. The molecule has 9 heteroatoms. The van der Waals surface area contributed by atoms with E-state index in [1.54, 1.807) is 21.0 Å². The Kier molecular flexibility index (Phi) is 8.47. The van der Waals surface area contributed by atoms with Gasteiger partial charge in [-0.25, -0.2) is 13.1 Å². The van der Waals surface area contributed by atoms with Gasteiger partial charge in [0.1, 0.15) is 5.75 Å². The minimum absolute atomic E-state index is 0.0394. The molecule has 1 aromatic carbocycles. The van der Waals surface area contributed by atoms with Gasteiger partial charge in [-0.2, -0.15) is 0 Å². The van der Waals surface area contributed by atoms with Crippen LogP contribution in [0.4, 0.5) is 0 Å². The average molecular weight is 379 g/mol. The molecule has 0 atom stereocenters. The van der Waals surface area contributed by atoms with Gasteiger partial charge in [0.15, 0.2) is 6.61 Å². The van der Waals surface area contributed by atoms with E-state index in [4.69, 9.17) is 21.1 Å². The van der Waals surface area contributed by atoms with E-state index < -0.39 is 10.0 Å². The highest BCUT2D eigenvalue weighted by Crippen LogP contribution is 2.27. The summed E-state index contributed by atoms with van der Waals surface area (Å²) in [6.07, 6.45) is 0.707. The number of carbonyl (C=O) groups excluding carboxylic acids is 1. The number of ether oxygens (including phenoxy) is 2. The van der Waals surface area contributed by atoms with Crippen LogP contribution in [0.2, 0.25) is 5.02 Å². The monoisotopic (exact) mass is 378 g/mol. The number of carbonyl (C=O) groups is 1. The quantitative estimate of drug-likeness (QED) is 0.602. The van der Waals surface area contributed by atoms with Crippen molar-refractivity contribution >= 4 is 27.5 Å². The molecule has 0 bridgehead atoms. The van der Waals surface area contributed by atoms with Crippen LogP contribution >= 0.6 is 11.6 Å². The van der Waals surface area contributed by atoms with Gasteiger partial charge >= 0.3 is 0 Å². The minimum atomic E-state index is -3.63. The molecule has 0 unspecified atom stereocenters. The molecule has 0 spiro atoms. The van der Waals surface area contributed by atoms with Crippen molar-refractivity contribution in [1.82, 2.24) is 10.0 Å². The molecule has 2 N–H and O–H groups in total. The highest BCUT2D eigenvalue weighted by atomic mass is 35.5. The van der Waals surface area contributed by atoms with Gasteiger partial charge in [-0.3, -0.25) is 4.79 Å². The lowest BCUT2D eigenvalue weighted by Crippen LogP contribution is -2.30. The summed E-state index contributed by atoms with van der Waals surface area (Å²) in [6, 6.07) is 3.86. The maximum Gasteiger partial charge on any atom is 0.257 e. The summed E-state index contributed by atoms with van der Waals surface area (Å²) in [5, 5.41) is 2.79. The van der Waals surface area contributed by atoms with Crippen molar-refractivity contribution < 1.29 is 22.7 Å². The molecule has 0 saturated heterocycles. The fraction of sp³-hybridized carbons (Fsp3) is 0.533. The van der Waals surface area contributed by atoms with E-state index >= 15 is 0 Å². The molecule has 0 aliphatic carbocycles. The van der Waals surface area contributed by atoms with Crippen molar-refractivity contribution in [3.05, 3.63) is 23.2 Å². The number of benzene rings is 1. The molecule has 1 rings (SSSR count). The predicted octanol–water partition coefficient (Wildman–Crippen LogP) is 1.56. The number of hydrogen-bond acceptors (Lipinski definition) is 5. The van der Waals surface area contributed by atoms with Gasteiger partial charge in [-0.1, -0.05) is 11.6 Å². The minimum Gasteiger partial charge on any atom is -0.482 e. The summed E-state index contributed by atoms with van der Waals surface area (Å²) >= 11 is 6.04. The van der Waals surface area contributed by atoms with Crippen LogP contribution in [0.25, 0.3) is 0 Å². The number of sulfonamides is 1. The second-order valence-electron chi connectivity index (χ2n) is 5.35. The second kappa shape index (κ2) is 9.83. The molecule has 136 valence electrons. The highest BCUT2D eigenvalue weighted by Gasteiger charge is 2.17. The van der Waals surface area contributed by atoms with Crippen LogP contribution in [0.15, 0.2) is 23.1 Å².